The lowest BCUT2D eigenvalue weighted by Crippen LogP contribution is -2.06. The third-order valence-electron chi connectivity index (χ3n) is 2.81. The summed E-state index contributed by atoms with van der Waals surface area (Å²) in [4.78, 5) is 12.5. The zero-order chi connectivity index (χ0) is 14.7. The zero-order valence-corrected chi connectivity index (χ0v) is 11.7. The van der Waals surface area contributed by atoms with Crippen LogP contribution in [-0.2, 0) is 0 Å². The Bertz CT molecular complexity index is 656. The van der Waals surface area contributed by atoms with Crippen molar-refractivity contribution in [3.63, 3.8) is 0 Å². The van der Waals surface area contributed by atoms with E-state index < -0.39 is 11.6 Å². The minimum absolute atomic E-state index is 0.133. The van der Waals surface area contributed by atoms with Crippen LogP contribution in [0.2, 0.25) is 5.02 Å². The highest BCUT2D eigenvalue weighted by Gasteiger charge is 2.19. The van der Waals surface area contributed by atoms with Crippen molar-refractivity contribution in [1.29, 1.82) is 0 Å². The van der Waals surface area contributed by atoms with Crippen LogP contribution in [0.25, 0.3) is 0 Å². The van der Waals surface area contributed by atoms with E-state index in [1.165, 1.54) is 38.5 Å². The third-order valence-corrected chi connectivity index (χ3v) is 3.05. The van der Waals surface area contributed by atoms with Crippen LogP contribution in [-0.4, -0.2) is 20.0 Å². The predicted octanol–water partition coefficient (Wildman–Crippen LogP) is 3.73. The first-order valence-electron chi connectivity index (χ1n) is 5.78. The van der Waals surface area contributed by atoms with E-state index in [1.807, 2.05) is 0 Å². The van der Waals surface area contributed by atoms with E-state index in [1.54, 1.807) is 6.07 Å². The van der Waals surface area contributed by atoms with Gasteiger partial charge in [0.1, 0.15) is 17.3 Å². The van der Waals surface area contributed by atoms with Gasteiger partial charge in [0, 0.05) is 5.02 Å². The van der Waals surface area contributed by atoms with E-state index >= 15 is 0 Å². The van der Waals surface area contributed by atoms with Crippen LogP contribution >= 0.6 is 11.6 Å². The van der Waals surface area contributed by atoms with Gasteiger partial charge in [-0.3, -0.25) is 4.79 Å². The molecule has 5 heteroatoms. The smallest absolute Gasteiger partial charge is 0.200 e. The first-order valence-corrected chi connectivity index (χ1v) is 6.16. The van der Waals surface area contributed by atoms with Gasteiger partial charge in [0.15, 0.2) is 0 Å². The van der Waals surface area contributed by atoms with Crippen molar-refractivity contribution in [3.05, 3.63) is 58.4 Å². The first kappa shape index (κ1) is 14.3. The van der Waals surface area contributed by atoms with Gasteiger partial charge >= 0.3 is 0 Å². The number of methoxy groups -OCH3 is 2. The maximum atomic E-state index is 13.3. The summed E-state index contributed by atoms with van der Waals surface area (Å²) < 4.78 is 23.6. The minimum Gasteiger partial charge on any atom is -0.496 e. The number of hydrogen-bond donors (Lipinski definition) is 0. The summed E-state index contributed by atoms with van der Waals surface area (Å²) in [5.41, 5.74) is 0.425. The third kappa shape index (κ3) is 2.75. The highest BCUT2D eigenvalue weighted by atomic mass is 35.5. The van der Waals surface area contributed by atoms with E-state index in [0.29, 0.717) is 22.1 Å². The molecule has 0 heterocycles. The van der Waals surface area contributed by atoms with E-state index in [2.05, 4.69) is 0 Å². The molecular weight excluding hydrogens is 283 g/mol. The van der Waals surface area contributed by atoms with Gasteiger partial charge in [-0.05, 0) is 36.4 Å². The molecule has 0 amide bonds. The number of carbonyl (C=O) groups is 1. The zero-order valence-electron chi connectivity index (χ0n) is 10.9. The fourth-order valence-electron chi connectivity index (χ4n) is 1.86. The quantitative estimate of drug-likeness (QED) is 0.806. The first-order chi connectivity index (χ1) is 9.56. The van der Waals surface area contributed by atoms with Crippen molar-refractivity contribution in [2.45, 2.75) is 0 Å². The topological polar surface area (TPSA) is 35.5 Å². The molecule has 104 valence electrons. The number of hydrogen-bond acceptors (Lipinski definition) is 3. The summed E-state index contributed by atoms with van der Waals surface area (Å²) in [6, 6.07) is 8.41. The van der Waals surface area contributed by atoms with Gasteiger partial charge in [0.25, 0.3) is 0 Å². The highest BCUT2D eigenvalue weighted by molar-refractivity contribution is 6.31. The Kier molecular flexibility index (Phi) is 4.25. The Balaban J connectivity index is 2.54. The maximum Gasteiger partial charge on any atom is 0.200 e. The van der Waals surface area contributed by atoms with Gasteiger partial charge in [-0.1, -0.05) is 11.6 Å². The average molecular weight is 295 g/mol. The van der Waals surface area contributed by atoms with Gasteiger partial charge in [0.2, 0.25) is 5.78 Å². The second-order valence-electron chi connectivity index (χ2n) is 4.02. The minimum atomic E-state index is -0.512. The molecule has 0 atom stereocenters. The van der Waals surface area contributed by atoms with Gasteiger partial charge in [-0.2, -0.15) is 0 Å². The SMILES string of the molecule is COc1cc(Cl)ccc1C(=O)c1cc(F)ccc1OC. The second-order valence-corrected chi connectivity index (χ2v) is 4.45. The normalized spacial score (nSPS) is 10.2. The maximum absolute atomic E-state index is 13.3. The molecule has 0 aromatic heterocycles. The molecule has 0 aliphatic rings. The molecular formula is C15H12ClFO3. The van der Waals surface area contributed by atoms with Crippen molar-refractivity contribution in [1.82, 2.24) is 0 Å². The molecule has 0 bridgehead atoms. The molecule has 2 aromatic carbocycles. The molecule has 0 radical (unpaired) electrons. The molecule has 0 saturated carbocycles. The Morgan fingerprint density at radius 3 is 2.35 bits per heavy atom. The van der Waals surface area contributed by atoms with Crippen molar-refractivity contribution in [3.8, 4) is 11.5 Å². The number of benzene rings is 2. The monoisotopic (exact) mass is 294 g/mol. The lowest BCUT2D eigenvalue weighted by Gasteiger charge is -2.11. The Labute approximate surface area is 120 Å². The molecule has 0 aliphatic carbocycles. The van der Waals surface area contributed by atoms with Crippen LogP contribution in [0.4, 0.5) is 4.39 Å². The molecule has 2 aromatic rings. The number of ketones is 1. The number of rotatable bonds is 4. The molecule has 3 nitrogen and oxygen atoms in total. The standard InChI is InChI=1S/C15H12ClFO3/c1-19-13-6-4-10(17)8-12(13)15(18)11-5-3-9(16)7-14(11)20-2/h3-8H,1-2H3. The summed E-state index contributed by atoms with van der Waals surface area (Å²) in [6.07, 6.45) is 0. The van der Waals surface area contributed by atoms with E-state index in [0.717, 1.165) is 6.07 Å². The summed E-state index contributed by atoms with van der Waals surface area (Å²) in [6.45, 7) is 0. The summed E-state index contributed by atoms with van der Waals surface area (Å²) in [5, 5.41) is 0.449. The molecule has 0 fully saturated rings. The molecule has 0 N–H and O–H groups in total. The van der Waals surface area contributed by atoms with E-state index in [-0.39, 0.29) is 5.56 Å². The Morgan fingerprint density at radius 2 is 1.70 bits per heavy atom. The lowest BCUT2D eigenvalue weighted by molar-refractivity contribution is 0.103. The average Bonchev–Trinajstić information content (AvgIpc) is 2.46. The van der Waals surface area contributed by atoms with Gasteiger partial charge < -0.3 is 9.47 Å². The summed E-state index contributed by atoms with van der Waals surface area (Å²) in [7, 11) is 2.86. The number of carbonyl (C=O) groups excluding carboxylic acids is 1. The fourth-order valence-corrected chi connectivity index (χ4v) is 2.02. The molecule has 0 unspecified atom stereocenters. The van der Waals surface area contributed by atoms with Crippen molar-refractivity contribution in [2.75, 3.05) is 14.2 Å². The number of halogens is 2. The summed E-state index contributed by atoms with van der Waals surface area (Å²) in [5.74, 6) is -0.279. The van der Waals surface area contributed by atoms with E-state index in [4.69, 9.17) is 21.1 Å². The van der Waals surface area contributed by atoms with Gasteiger partial charge in [-0.15, -0.1) is 0 Å². The van der Waals surface area contributed by atoms with Gasteiger partial charge in [-0.25, -0.2) is 4.39 Å². The van der Waals surface area contributed by atoms with E-state index in [9.17, 15) is 9.18 Å². The second kappa shape index (κ2) is 5.92. The highest BCUT2D eigenvalue weighted by Crippen LogP contribution is 2.29. The predicted molar refractivity (Wildman–Crippen MR) is 74.4 cm³/mol. The van der Waals surface area contributed by atoms with Crippen LogP contribution in [0.1, 0.15) is 15.9 Å². The molecule has 20 heavy (non-hydrogen) atoms. The van der Waals surface area contributed by atoms with Crippen LogP contribution in [0, 0.1) is 5.82 Å². The fraction of sp³-hybridized carbons (Fsp3) is 0.133. The van der Waals surface area contributed by atoms with Crippen LogP contribution in [0.15, 0.2) is 36.4 Å². The molecule has 0 saturated heterocycles. The van der Waals surface area contributed by atoms with Crippen molar-refractivity contribution in [2.24, 2.45) is 0 Å². The Hall–Kier alpha value is -2.07. The van der Waals surface area contributed by atoms with Crippen LogP contribution in [0.5, 0.6) is 11.5 Å². The van der Waals surface area contributed by atoms with Crippen LogP contribution in [0.3, 0.4) is 0 Å². The lowest BCUT2D eigenvalue weighted by atomic mass is 10.0. The van der Waals surface area contributed by atoms with Crippen molar-refractivity contribution >= 4 is 17.4 Å². The molecule has 0 spiro atoms. The van der Waals surface area contributed by atoms with Crippen LogP contribution < -0.4 is 9.47 Å². The summed E-state index contributed by atoms with van der Waals surface area (Å²) >= 11 is 5.85. The van der Waals surface area contributed by atoms with Gasteiger partial charge in [0.05, 0.1) is 25.3 Å². The number of ether oxygens (including phenoxy) is 2. The largest absolute Gasteiger partial charge is 0.496 e. The Morgan fingerprint density at radius 1 is 1.00 bits per heavy atom. The van der Waals surface area contributed by atoms with Crippen molar-refractivity contribution < 1.29 is 18.7 Å². The molecule has 0 aliphatic heterocycles. The molecule has 2 rings (SSSR count).